The molecule has 1 aliphatic rings. The van der Waals surface area contributed by atoms with Crippen LogP contribution in [0, 0.1) is 5.41 Å². The molecule has 0 unspecified atom stereocenters. The molecule has 1 fully saturated rings. The van der Waals surface area contributed by atoms with Gasteiger partial charge in [-0.05, 0) is 37.7 Å². The van der Waals surface area contributed by atoms with Gasteiger partial charge in [-0.15, -0.1) is 0 Å². The van der Waals surface area contributed by atoms with E-state index in [2.05, 4.69) is 28.8 Å². The Morgan fingerprint density at radius 2 is 1.93 bits per heavy atom. The van der Waals surface area contributed by atoms with E-state index < -0.39 is 5.60 Å². The summed E-state index contributed by atoms with van der Waals surface area (Å²) in [6.45, 7) is 9.99. The Balaban J connectivity index is 1.61. The standard InChI is InChI=1S/C24H30N4O2/c1-23(2)11-5-13-27(16-23)22-15-19(26-21-10-12-25-28(21)22)14-20(29)17-6-8-18(9-7-17)24(3,4)30/h6-10,12,15,30H,5,11,13-14,16H2,1-4H3. The molecule has 1 aromatic carbocycles. The summed E-state index contributed by atoms with van der Waals surface area (Å²) in [4.78, 5) is 19.9. The third-order valence-corrected chi connectivity index (χ3v) is 5.87. The summed E-state index contributed by atoms with van der Waals surface area (Å²) in [5.41, 5.74) is 2.24. The van der Waals surface area contributed by atoms with E-state index in [9.17, 15) is 9.90 Å². The maximum Gasteiger partial charge on any atom is 0.168 e. The minimum Gasteiger partial charge on any atom is -0.386 e. The minimum absolute atomic E-state index is 0.0126. The lowest BCUT2D eigenvalue weighted by atomic mass is 9.84. The smallest absolute Gasteiger partial charge is 0.168 e. The maximum atomic E-state index is 12.9. The highest BCUT2D eigenvalue weighted by molar-refractivity contribution is 5.97. The van der Waals surface area contributed by atoms with Crippen LogP contribution in [0.15, 0.2) is 42.6 Å². The molecule has 0 radical (unpaired) electrons. The highest BCUT2D eigenvalue weighted by atomic mass is 16.3. The second-order valence-corrected chi connectivity index (χ2v) is 9.63. The van der Waals surface area contributed by atoms with Gasteiger partial charge in [-0.2, -0.15) is 9.61 Å². The number of benzene rings is 1. The van der Waals surface area contributed by atoms with E-state index in [1.165, 1.54) is 6.42 Å². The lowest BCUT2D eigenvalue weighted by molar-refractivity contribution is 0.0784. The molecule has 1 saturated heterocycles. The van der Waals surface area contributed by atoms with Crippen molar-refractivity contribution in [2.75, 3.05) is 18.0 Å². The zero-order valence-corrected chi connectivity index (χ0v) is 18.2. The summed E-state index contributed by atoms with van der Waals surface area (Å²) in [7, 11) is 0. The summed E-state index contributed by atoms with van der Waals surface area (Å²) in [5.74, 6) is 1.01. The Hall–Kier alpha value is -2.73. The summed E-state index contributed by atoms with van der Waals surface area (Å²) in [5, 5.41) is 14.6. The van der Waals surface area contributed by atoms with Gasteiger partial charge in [0.05, 0.1) is 23.9 Å². The van der Waals surface area contributed by atoms with Crippen molar-refractivity contribution in [2.45, 2.75) is 52.6 Å². The lowest BCUT2D eigenvalue weighted by Crippen LogP contribution is -2.41. The second-order valence-electron chi connectivity index (χ2n) is 9.63. The number of nitrogens with zero attached hydrogens (tertiary/aromatic N) is 4. The number of ketones is 1. The lowest BCUT2D eigenvalue weighted by Gasteiger charge is -2.39. The van der Waals surface area contributed by atoms with Gasteiger partial charge in [-0.3, -0.25) is 4.79 Å². The number of aliphatic hydroxyl groups is 1. The molecule has 0 spiro atoms. The monoisotopic (exact) mass is 406 g/mol. The van der Waals surface area contributed by atoms with Crippen molar-refractivity contribution in [2.24, 2.45) is 5.41 Å². The Morgan fingerprint density at radius 3 is 2.60 bits per heavy atom. The maximum absolute atomic E-state index is 12.9. The molecule has 4 rings (SSSR count). The van der Waals surface area contributed by atoms with Crippen LogP contribution in [0.3, 0.4) is 0 Å². The topological polar surface area (TPSA) is 70.7 Å². The minimum atomic E-state index is -0.923. The van der Waals surface area contributed by atoms with E-state index in [0.717, 1.165) is 42.2 Å². The van der Waals surface area contributed by atoms with Crippen molar-refractivity contribution in [1.29, 1.82) is 0 Å². The molecular formula is C24H30N4O2. The van der Waals surface area contributed by atoms with Gasteiger partial charge in [0.25, 0.3) is 0 Å². The Morgan fingerprint density at radius 1 is 1.20 bits per heavy atom. The third-order valence-electron chi connectivity index (χ3n) is 5.87. The SMILES string of the molecule is CC1(C)CCCN(c2cc(CC(=O)c3ccc(C(C)(C)O)cc3)nc3ccnn23)C1. The largest absolute Gasteiger partial charge is 0.386 e. The van der Waals surface area contributed by atoms with Crippen molar-refractivity contribution in [3.05, 3.63) is 59.4 Å². The van der Waals surface area contributed by atoms with Gasteiger partial charge in [-0.1, -0.05) is 38.1 Å². The number of Topliss-reactive ketones (excluding diaryl/α,β-unsaturated/α-hetero) is 1. The number of hydrogen-bond donors (Lipinski definition) is 1. The first-order chi connectivity index (χ1) is 14.1. The first-order valence-corrected chi connectivity index (χ1v) is 10.6. The molecule has 0 saturated carbocycles. The second kappa shape index (κ2) is 7.51. The van der Waals surface area contributed by atoms with Gasteiger partial charge in [0, 0.05) is 30.8 Å². The number of anilines is 1. The van der Waals surface area contributed by atoms with Crippen LogP contribution in [0.25, 0.3) is 5.65 Å². The van der Waals surface area contributed by atoms with Gasteiger partial charge < -0.3 is 10.0 Å². The van der Waals surface area contributed by atoms with E-state index in [1.807, 2.05) is 28.8 Å². The van der Waals surface area contributed by atoms with E-state index in [1.54, 1.807) is 32.2 Å². The number of carbonyl (C=O) groups excluding carboxylic acids is 1. The molecule has 2 aromatic heterocycles. The van der Waals surface area contributed by atoms with Gasteiger partial charge in [0.2, 0.25) is 0 Å². The summed E-state index contributed by atoms with van der Waals surface area (Å²) in [6, 6.07) is 11.1. The van der Waals surface area contributed by atoms with Crippen molar-refractivity contribution >= 4 is 17.2 Å². The van der Waals surface area contributed by atoms with E-state index in [4.69, 9.17) is 0 Å². The van der Waals surface area contributed by atoms with Gasteiger partial charge in [0.1, 0.15) is 5.82 Å². The van der Waals surface area contributed by atoms with Crippen LogP contribution in [0.1, 0.15) is 62.2 Å². The van der Waals surface area contributed by atoms with E-state index in [0.29, 0.717) is 5.56 Å². The molecule has 6 nitrogen and oxygen atoms in total. The van der Waals surface area contributed by atoms with Crippen LogP contribution in [0.2, 0.25) is 0 Å². The molecule has 0 atom stereocenters. The number of hydrogen-bond acceptors (Lipinski definition) is 5. The van der Waals surface area contributed by atoms with Crippen LogP contribution >= 0.6 is 0 Å². The predicted octanol–water partition coefficient (Wildman–Crippen LogP) is 4.01. The first kappa shape index (κ1) is 20.5. The zero-order chi connectivity index (χ0) is 21.5. The summed E-state index contributed by atoms with van der Waals surface area (Å²) in [6.07, 6.45) is 4.33. The Bertz CT molecular complexity index is 1060. The third kappa shape index (κ3) is 4.24. The molecule has 0 amide bonds. The van der Waals surface area contributed by atoms with Crippen molar-refractivity contribution in [1.82, 2.24) is 14.6 Å². The highest BCUT2D eigenvalue weighted by Crippen LogP contribution is 2.32. The molecule has 0 aliphatic carbocycles. The molecule has 3 aromatic rings. The number of piperidine rings is 1. The van der Waals surface area contributed by atoms with Crippen molar-refractivity contribution in [3.63, 3.8) is 0 Å². The normalized spacial score (nSPS) is 16.8. The summed E-state index contributed by atoms with van der Waals surface area (Å²) >= 11 is 0. The fourth-order valence-electron chi connectivity index (χ4n) is 4.21. The molecule has 6 heteroatoms. The van der Waals surface area contributed by atoms with Crippen molar-refractivity contribution in [3.8, 4) is 0 Å². The van der Waals surface area contributed by atoms with Gasteiger partial charge in [-0.25, -0.2) is 4.98 Å². The average molecular weight is 407 g/mol. The van der Waals surface area contributed by atoms with Crippen LogP contribution < -0.4 is 4.90 Å². The fraction of sp³-hybridized carbons (Fsp3) is 0.458. The molecule has 0 bridgehead atoms. The van der Waals surface area contributed by atoms with Crippen molar-refractivity contribution < 1.29 is 9.90 Å². The van der Waals surface area contributed by atoms with Crippen LogP contribution in [-0.2, 0) is 12.0 Å². The van der Waals surface area contributed by atoms with E-state index in [-0.39, 0.29) is 17.6 Å². The number of fused-ring (bicyclic) bond motifs is 1. The van der Waals surface area contributed by atoms with Gasteiger partial charge >= 0.3 is 0 Å². The Labute approximate surface area is 177 Å². The predicted molar refractivity (Wildman–Crippen MR) is 118 cm³/mol. The molecular weight excluding hydrogens is 376 g/mol. The van der Waals surface area contributed by atoms with Crippen LogP contribution in [-0.4, -0.2) is 38.6 Å². The average Bonchev–Trinajstić information content (AvgIpc) is 3.14. The fourth-order valence-corrected chi connectivity index (χ4v) is 4.21. The van der Waals surface area contributed by atoms with Crippen LogP contribution in [0.5, 0.6) is 0 Å². The molecule has 1 N–H and O–H groups in total. The van der Waals surface area contributed by atoms with Crippen LogP contribution in [0.4, 0.5) is 5.82 Å². The first-order valence-electron chi connectivity index (χ1n) is 10.6. The Kier molecular flexibility index (Phi) is 5.14. The highest BCUT2D eigenvalue weighted by Gasteiger charge is 2.28. The molecule has 30 heavy (non-hydrogen) atoms. The summed E-state index contributed by atoms with van der Waals surface area (Å²) < 4.78 is 1.87. The van der Waals surface area contributed by atoms with E-state index >= 15 is 0 Å². The number of rotatable bonds is 5. The molecule has 158 valence electrons. The molecule has 1 aliphatic heterocycles. The molecule has 3 heterocycles. The zero-order valence-electron chi connectivity index (χ0n) is 18.2. The van der Waals surface area contributed by atoms with Gasteiger partial charge in [0.15, 0.2) is 11.4 Å². The number of aromatic nitrogens is 3. The number of carbonyl (C=O) groups is 1. The quantitative estimate of drug-likeness (QED) is 0.648.